The molecule has 1 N–H and O–H groups in total. The SMILES string of the molecule is COc1ccc(CCNC(=O)CSCCOc2ccc(Cl)cc2)cc1. The molecule has 2 aromatic carbocycles. The molecule has 4 nitrogen and oxygen atoms in total. The number of ether oxygens (including phenoxy) is 2. The van der Waals surface area contributed by atoms with Crippen LogP contribution in [-0.4, -0.2) is 37.7 Å². The van der Waals surface area contributed by atoms with Gasteiger partial charge in [0.05, 0.1) is 19.5 Å². The maximum absolute atomic E-state index is 11.8. The number of methoxy groups -OCH3 is 1. The number of rotatable bonds is 10. The molecule has 0 saturated heterocycles. The zero-order chi connectivity index (χ0) is 17.9. The van der Waals surface area contributed by atoms with Crippen molar-refractivity contribution in [2.24, 2.45) is 0 Å². The Labute approximate surface area is 157 Å². The topological polar surface area (TPSA) is 47.6 Å². The molecule has 0 aliphatic heterocycles. The summed E-state index contributed by atoms with van der Waals surface area (Å²) in [4.78, 5) is 11.8. The molecular weight excluding hydrogens is 358 g/mol. The van der Waals surface area contributed by atoms with E-state index in [1.54, 1.807) is 31.0 Å². The lowest BCUT2D eigenvalue weighted by Gasteiger charge is -2.07. The molecule has 0 bridgehead atoms. The number of hydrogen-bond acceptors (Lipinski definition) is 4. The van der Waals surface area contributed by atoms with Crippen LogP contribution in [0.3, 0.4) is 0 Å². The van der Waals surface area contributed by atoms with E-state index in [1.807, 2.05) is 36.4 Å². The molecule has 25 heavy (non-hydrogen) atoms. The van der Waals surface area contributed by atoms with Crippen molar-refractivity contribution in [3.05, 3.63) is 59.1 Å². The molecule has 0 atom stereocenters. The van der Waals surface area contributed by atoms with E-state index >= 15 is 0 Å². The second-order valence-corrected chi connectivity index (χ2v) is 6.84. The van der Waals surface area contributed by atoms with Crippen LogP contribution in [0.25, 0.3) is 0 Å². The number of nitrogens with one attached hydrogen (secondary N) is 1. The summed E-state index contributed by atoms with van der Waals surface area (Å²) in [6.07, 6.45) is 0.806. The third-order valence-electron chi connectivity index (χ3n) is 3.44. The van der Waals surface area contributed by atoms with Crippen molar-refractivity contribution < 1.29 is 14.3 Å². The Morgan fingerprint density at radius 2 is 1.76 bits per heavy atom. The second-order valence-electron chi connectivity index (χ2n) is 5.30. The number of benzene rings is 2. The van der Waals surface area contributed by atoms with Crippen molar-refractivity contribution in [1.29, 1.82) is 0 Å². The summed E-state index contributed by atoms with van der Waals surface area (Å²) in [6.45, 7) is 1.19. The van der Waals surface area contributed by atoms with Gasteiger partial charge in [-0.15, -0.1) is 11.8 Å². The van der Waals surface area contributed by atoms with Crippen molar-refractivity contribution in [3.63, 3.8) is 0 Å². The second kappa shape index (κ2) is 10.9. The van der Waals surface area contributed by atoms with E-state index in [0.717, 1.165) is 23.7 Å². The molecule has 0 saturated carbocycles. The number of hydrogen-bond donors (Lipinski definition) is 1. The van der Waals surface area contributed by atoms with Gasteiger partial charge < -0.3 is 14.8 Å². The van der Waals surface area contributed by atoms with Crippen molar-refractivity contribution in [1.82, 2.24) is 5.32 Å². The molecule has 6 heteroatoms. The highest BCUT2D eigenvalue weighted by atomic mass is 35.5. The maximum atomic E-state index is 11.8. The van der Waals surface area contributed by atoms with E-state index < -0.39 is 0 Å². The number of thioether (sulfide) groups is 1. The van der Waals surface area contributed by atoms with Gasteiger partial charge in [-0.25, -0.2) is 0 Å². The van der Waals surface area contributed by atoms with Crippen LogP contribution >= 0.6 is 23.4 Å². The number of amides is 1. The molecular formula is C19H22ClNO3S. The number of carbonyl (C=O) groups is 1. The van der Waals surface area contributed by atoms with Crippen LogP contribution in [0.5, 0.6) is 11.5 Å². The van der Waals surface area contributed by atoms with E-state index in [2.05, 4.69) is 5.32 Å². The lowest BCUT2D eigenvalue weighted by atomic mass is 10.1. The van der Waals surface area contributed by atoms with Crippen molar-refractivity contribution in [2.45, 2.75) is 6.42 Å². The Morgan fingerprint density at radius 3 is 2.44 bits per heavy atom. The zero-order valence-corrected chi connectivity index (χ0v) is 15.7. The molecule has 2 rings (SSSR count). The van der Waals surface area contributed by atoms with Gasteiger partial charge in [0.25, 0.3) is 0 Å². The van der Waals surface area contributed by atoms with E-state index in [1.165, 1.54) is 5.56 Å². The minimum atomic E-state index is 0.0463. The standard InChI is InChI=1S/C19H22ClNO3S/c1-23-17-6-2-15(3-7-17)10-11-21-19(22)14-25-13-12-24-18-8-4-16(20)5-9-18/h2-9H,10-14H2,1H3,(H,21,22). The van der Waals surface area contributed by atoms with Crippen LogP contribution in [0.2, 0.25) is 5.02 Å². The fraction of sp³-hybridized carbons (Fsp3) is 0.316. The molecule has 1 amide bonds. The van der Waals surface area contributed by atoms with Crippen LogP contribution < -0.4 is 14.8 Å². The van der Waals surface area contributed by atoms with Crippen molar-refractivity contribution in [3.8, 4) is 11.5 Å². The van der Waals surface area contributed by atoms with Gasteiger partial charge in [-0.05, 0) is 48.4 Å². The fourth-order valence-corrected chi connectivity index (χ4v) is 2.86. The van der Waals surface area contributed by atoms with Crippen LogP contribution in [0.15, 0.2) is 48.5 Å². The summed E-state index contributed by atoms with van der Waals surface area (Å²) in [6, 6.07) is 15.1. The molecule has 0 aromatic heterocycles. The van der Waals surface area contributed by atoms with Gasteiger partial charge in [0.2, 0.25) is 5.91 Å². The number of carbonyl (C=O) groups excluding carboxylic acids is 1. The lowest BCUT2D eigenvalue weighted by Crippen LogP contribution is -2.27. The first-order valence-corrected chi connectivity index (χ1v) is 9.56. The van der Waals surface area contributed by atoms with E-state index in [-0.39, 0.29) is 5.91 Å². The van der Waals surface area contributed by atoms with E-state index in [4.69, 9.17) is 21.1 Å². The Morgan fingerprint density at radius 1 is 1.08 bits per heavy atom. The summed E-state index contributed by atoms with van der Waals surface area (Å²) >= 11 is 7.37. The fourth-order valence-electron chi connectivity index (χ4n) is 2.10. The van der Waals surface area contributed by atoms with Crippen LogP contribution in [0, 0.1) is 0 Å². The van der Waals surface area contributed by atoms with E-state index in [9.17, 15) is 4.79 Å². The minimum absolute atomic E-state index is 0.0463. The summed E-state index contributed by atoms with van der Waals surface area (Å²) in [5.74, 6) is 2.87. The summed E-state index contributed by atoms with van der Waals surface area (Å²) in [5.41, 5.74) is 1.17. The van der Waals surface area contributed by atoms with Crippen molar-refractivity contribution >= 4 is 29.3 Å². The third kappa shape index (κ3) is 7.71. The van der Waals surface area contributed by atoms with Crippen LogP contribution in [-0.2, 0) is 11.2 Å². The molecule has 0 aliphatic carbocycles. The highest BCUT2D eigenvalue weighted by Crippen LogP contribution is 2.15. The van der Waals surface area contributed by atoms with E-state index in [0.29, 0.717) is 23.9 Å². The summed E-state index contributed by atoms with van der Waals surface area (Å²) in [7, 11) is 1.65. The number of halogens is 1. The lowest BCUT2D eigenvalue weighted by molar-refractivity contribution is -0.118. The molecule has 0 heterocycles. The van der Waals surface area contributed by atoms with Gasteiger partial charge in [-0.1, -0.05) is 23.7 Å². The normalized spacial score (nSPS) is 10.3. The first-order chi connectivity index (χ1) is 12.2. The predicted octanol–water partition coefficient (Wildman–Crippen LogP) is 3.82. The average Bonchev–Trinajstić information content (AvgIpc) is 2.63. The molecule has 0 fully saturated rings. The van der Waals surface area contributed by atoms with Gasteiger partial charge in [0.1, 0.15) is 11.5 Å². The van der Waals surface area contributed by atoms with Crippen LogP contribution in [0.1, 0.15) is 5.56 Å². The maximum Gasteiger partial charge on any atom is 0.230 e. The van der Waals surface area contributed by atoms with Gasteiger partial charge in [-0.3, -0.25) is 4.79 Å². The first-order valence-electron chi connectivity index (χ1n) is 8.03. The summed E-state index contributed by atoms with van der Waals surface area (Å²) in [5, 5.41) is 3.62. The monoisotopic (exact) mass is 379 g/mol. The predicted molar refractivity (Wildman–Crippen MR) is 104 cm³/mol. The Hall–Kier alpha value is -1.85. The molecule has 2 aromatic rings. The minimum Gasteiger partial charge on any atom is -0.497 e. The smallest absolute Gasteiger partial charge is 0.230 e. The Kier molecular flexibility index (Phi) is 8.49. The molecule has 0 unspecified atom stereocenters. The van der Waals surface area contributed by atoms with Gasteiger partial charge in [-0.2, -0.15) is 0 Å². The van der Waals surface area contributed by atoms with Gasteiger partial charge >= 0.3 is 0 Å². The highest BCUT2D eigenvalue weighted by Gasteiger charge is 2.02. The first kappa shape index (κ1) is 19.5. The highest BCUT2D eigenvalue weighted by molar-refractivity contribution is 7.99. The molecule has 0 radical (unpaired) electrons. The van der Waals surface area contributed by atoms with Gasteiger partial charge in [0.15, 0.2) is 0 Å². The van der Waals surface area contributed by atoms with Crippen molar-refractivity contribution in [2.75, 3.05) is 31.8 Å². The molecule has 0 aliphatic rings. The average molecular weight is 380 g/mol. The largest absolute Gasteiger partial charge is 0.497 e. The van der Waals surface area contributed by atoms with Gasteiger partial charge in [0, 0.05) is 17.3 Å². The Bertz CT molecular complexity index is 647. The molecule has 0 spiro atoms. The van der Waals surface area contributed by atoms with Crippen LogP contribution in [0.4, 0.5) is 0 Å². The third-order valence-corrected chi connectivity index (χ3v) is 4.61. The molecule has 134 valence electrons. The quantitative estimate of drug-likeness (QED) is 0.637. The Balaban J connectivity index is 1.52. The zero-order valence-electron chi connectivity index (χ0n) is 14.2. The summed E-state index contributed by atoms with van der Waals surface area (Å²) < 4.78 is 10.7.